The first-order valence-corrected chi connectivity index (χ1v) is 9.80. The highest BCUT2D eigenvalue weighted by molar-refractivity contribution is 5.94. The SMILES string of the molecule is CCn1nc(-c2cccc(OC)c2)cc1C(=O)N[C@@H]1CCCc2ccccc21. The molecule has 1 N–H and O–H groups in total. The number of hydrogen-bond acceptors (Lipinski definition) is 3. The highest BCUT2D eigenvalue weighted by Crippen LogP contribution is 2.30. The van der Waals surface area contributed by atoms with E-state index in [-0.39, 0.29) is 11.9 Å². The Morgan fingerprint density at radius 3 is 2.89 bits per heavy atom. The lowest BCUT2D eigenvalue weighted by molar-refractivity contribution is 0.0922. The van der Waals surface area contributed by atoms with Gasteiger partial charge in [0.05, 0.1) is 18.8 Å². The van der Waals surface area contributed by atoms with Crippen molar-refractivity contribution in [1.29, 1.82) is 0 Å². The van der Waals surface area contributed by atoms with Gasteiger partial charge in [0, 0.05) is 12.1 Å². The molecule has 3 aromatic rings. The first-order chi connectivity index (χ1) is 13.7. The van der Waals surface area contributed by atoms with E-state index in [1.54, 1.807) is 11.8 Å². The van der Waals surface area contributed by atoms with Crippen molar-refractivity contribution < 1.29 is 9.53 Å². The van der Waals surface area contributed by atoms with E-state index in [9.17, 15) is 4.79 Å². The molecule has 1 atom stereocenters. The van der Waals surface area contributed by atoms with Crippen molar-refractivity contribution in [2.45, 2.75) is 38.8 Å². The molecule has 1 aromatic heterocycles. The van der Waals surface area contributed by atoms with Gasteiger partial charge in [-0.1, -0.05) is 36.4 Å². The van der Waals surface area contributed by atoms with E-state index in [0.29, 0.717) is 12.2 Å². The van der Waals surface area contributed by atoms with E-state index >= 15 is 0 Å². The van der Waals surface area contributed by atoms with E-state index < -0.39 is 0 Å². The Morgan fingerprint density at radius 1 is 1.21 bits per heavy atom. The van der Waals surface area contributed by atoms with Crippen LogP contribution >= 0.6 is 0 Å². The molecule has 5 heteroatoms. The predicted molar refractivity (Wildman–Crippen MR) is 109 cm³/mol. The average Bonchev–Trinajstić information content (AvgIpc) is 3.19. The van der Waals surface area contributed by atoms with Crippen LogP contribution in [0.3, 0.4) is 0 Å². The van der Waals surface area contributed by atoms with Gasteiger partial charge in [-0.2, -0.15) is 5.10 Å². The van der Waals surface area contributed by atoms with Crippen molar-refractivity contribution in [3.63, 3.8) is 0 Å². The van der Waals surface area contributed by atoms with Gasteiger partial charge >= 0.3 is 0 Å². The van der Waals surface area contributed by atoms with E-state index in [1.165, 1.54) is 11.1 Å². The third-order valence-corrected chi connectivity index (χ3v) is 5.35. The van der Waals surface area contributed by atoms with Crippen molar-refractivity contribution in [1.82, 2.24) is 15.1 Å². The molecule has 144 valence electrons. The Balaban J connectivity index is 1.61. The molecule has 0 spiro atoms. The molecule has 28 heavy (non-hydrogen) atoms. The third kappa shape index (κ3) is 3.52. The highest BCUT2D eigenvalue weighted by atomic mass is 16.5. The second-order valence-electron chi connectivity index (χ2n) is 7.08. The maximum atomic E-state index is 13.1. The summed E-state index contributed by atoms with van der Waals surface area (Å²) < 4.78 is 7.07. The summed E-state index contributed by atoms with van der Waals surface area (Å²) in [5.41, 5.74) is 4.86. The zero-order valence-corrected chi connectivity index (χ0v) is 16.3. The molecule has 1 aliphatic carbocycles. The van der Waals surface area contributed by atoms with Gasteiger partial charge in [0.1, 0.15) is 11.4 Å². The molecular weight excluding hydrogens is 350 g/mol. The minimum absolute atomic E-state index is 0.0536. The zero-order chi connectivity index (χ0) is 19.5. The van der Waals surface area contributed by atoms with Crippen LogP contribution in [0.15, 0.2) is 54.6 Å². The summed E-state index contributed by atoms with van der Waals surface area (Å²) in [6.45, 7) is 2.63. The molecule has 0 radical (unpaired) electrons. The second-order valence-corrected chi connectivity index (χ2v) is 7.08. The maximum Gasteiger partial charge on any atom is 0.270 e. The minimum atomic E-state index is -0.0785. The van der Waals surface area contributed by atoms with E-state index in [4.69, 9.17) is 4.74 Å². The standard InChI is InChI=1S/C23H25N3O2/c1-3-26-22(15-21(25-26)17-10-6-11-18(14-17)28-2)23(27)24-20-13-7-9-16-8-4-5-12-19(16)20/h4-6,8,10-12,14-15,20H,3,7,9,13H2,1-2H3,(H,24,27)/t20-/m1/s1. The Kier molecular flexibility index (Phi) is 5.15. The summed E-state index contributed by atoms with van der Waals surface area (Å²) in [6, 6.07) is 18.0. The number of rotatable bonds is 5. The molecule has 2 aromatic carbocycles. The van der Waals surface area contributed by atoms with Crippen LogP contribution in [0.1, 0.15) is 47.4 Å². The van der Waals surface area contributed by atoms with Crippen LogP contribution in [0.2, 0.25) is 0 Å². The fourth-order valence-corrected chi connectivity index (χ4v) is 3.90. The lowest BCUT2D eigenvalue weighted by Crippen LogP contribution is -2.32. The van der Waals surface area contributed by atoms with Gasteiger partial charge in [0.15, 0.2) is 0 Å². The number of carbonyl (C=O) groups is 1. The zero-order valence-electron chi connectivity index (χ0n) is 16.3. The van der Waals surface area contributed by atoms with Crippen molar-refractivity contribution in [3.8, 4) is 17.0 Å². The molecule has 4 rings (SSSR count). The van der Waals surface area contributed by atoms with E-state index in [0.717, 1.165) is 36.3 Å². The number of amides is 1. The lowest BCUT2D eigenvalue weighted by Gasteiger charge is -2.26. The molecular formula is C23H25N3O2. The monoisotopic (exact) mass is 375 g/mol. The van der Waals surface area contributed by atoms with Gasteiger partial charge in [-0.3, -0.25) is 9.48 Å². The Bertz CT molecular complexity index is 993. The van der Waals surface area contributed by atoms with Crippen LogP contribution in [0.5, 0.6) is 5.75 Å². The molecule has 5 nitrogen and oxygen atoms in total. The minimum Gasteiger partial charge on any atom is -0.497 e. The van der Waals surface area contributed by atoms with Gasteiger partial charge in [-0.15, -0.1) is 0 Å². The fourth-order valence-electron chi connectivity index (χ4n) is 3.90. The average molecular weight is 375 g/mol. The number of methoxy groups -OCH3 is 1. The first kappa shape index (κ1) is 18.3. The number of carbonyl (C=O) groups excluding carboxylic acids is 1. The molecule has 0 bridgehead atoms. The lowest BCUT2D eigenvalue weighted by atomic mass is 9.87. The van der Waals surface area contributed by atoms with Gasteiger partial charge in [-0.05, 0) is 55.5 Å². The van der Waals surface area contributed by atoms with Crippen molar-refractivity contribution in [3.05, 3.63) is 71.4 Å². The summed E-state index contributed by atoms with van der Waals surface area (Å²) in [5, 5.41) is 7.86. The van der Waals surface area contributed by atoms with Gasteiger partial charge in [0.2, 0.25) is 0 Å². The summed E-state index contributed by atoms with van der Waals surface area (Å²) in [5.74, 6) is 0.693. The van der Waals surface area contributed by atoms with E-state index in [1.807, 2.05) is 43.3 Å². The maximum absolute atomic E-state index is 13.1. The number of nitrogens with one attached hydrogen (secondary N) is 1. The molecule has 0 fully saturated rings. The molecule has 1 aliphatic rings. The molecule has 0 saturated carbocycles. The molecule has 0 unspecified atom stereocenters. The molecule has 1 amide bonds. The number of ether oxygens (including phenoxy) is 1. The molecule has 0 saturated heterocycles. The Hall–Kier alpha value is -3.08. The van der Waals surface area contributed by atoms with Crippen molar-refractivity contribution in [2.75, 3.05) is 7.11 Å². The largest absolute Gasteiger partial charge is 0.497 e. The normalized spacial score (nSPS) is 15.7. The number of hydrogen-bond donors (Lipinski definition) is 1. The molecule has 0 aliphatic heterocycles. The van der Waals surface area contributed by atoms with Crippen molar-refractivity contribution in [2.24, 2.45) is 0 Å². The van der Waals surface area contributed by atoms with Crippen LogP contribution in [-0.2, 0) is 13.0 Å². The van der Waals surface area contributed by atoms with Crippen LogP contribution in [0.4, 0.5) is 0 Å². The third-order valence-electron chi connectivity index (χ3n) is 5.35. The Labute approximate surface area is 165 Å². The number of fused-ring (bicyclic) bond motifs is 1. The summed E-state index contributed by atoms with van der Waals surface area (Å²) in [4.78, 5) is 13.1. The number of benzene rings is 2. The van der Waals surface area contributed by atoms with Gasteiger partial charge in [-0.25, -0.2) is 0 Å². The number of aromatic nitrogens is 2. The van der Waals surface area contributed by atoms with Crippen LogP contribution in [0, 0.1) is 0 Å². The second kappa shape index (κ2) is 7.89. The van der Waals surface area contributed by atoms with E-state index in [2.05, 4.69) is 28.6 Å². The summed E-state index contributed by atoms with van der Waals surface area (Å²) >= 11 is 0. The van der Waals surface area contributed by atoms with Crippen LogP contribution in [0.25, 0.3) is 11.3 Å². The van der Waals surface area contributed by atoms with Crippen LogP contribution in [-0.4, -0.2) is 22.8 Å². The van der Waals surface area contributed by atoms with Gasteiger partial charge < -0.3 is 10.1 Å². The summed E-state index contributed by atoms with van der Waals surface area (Å²) in [6.07, 6.45) is 3.13. The van der Waals surface area contributed by atoms with Crippen molar-refractivity contribution >= 4 is 5.91 Å². The highest BCUT2D eigenvalue weighted by Gasteiger charge is 2.24. The summed E-state index contributed by atoms with van der Waals surface area (Å²) in [7, 11) is 1.64. The quantitative estimate of drug-likeness (QED) is 0.720. The first-order valence-electron chi connectivity index (χ1n) is 9.80. The fraction of sp³-hybridized carbons (Fsp3) is 0.304. The molecule has 1 heterocycles. The Morgan fingerprint density at radius 2 is 2.07 bits per heavy atom. The smallest absolute Gasteiger partial charge is 0.270 e. The number of aryl methyl sites for hydroxylation is 2. The topological polar surface area (TPSA) is 56.2 Å². The number of nitrogens with zero attached hydrogens (tertiary/aromatic N) is 2. The van der Waals surface area contributed by atoms with Gasteiger partial charge in [0.25, 0.3) is 5.91 Å². The predicted octanol–water partition coefficient (Wildman–Crippen LogP) is 4.39. The van der Waals surface area contributed by atoms with Crippen LogP contribution < -0.4 is 10.1 Å².